The van der Waals surface area contributed by atoms with Gasteiger partial charge in [-0.25, -0.2) is 0 Å². The highest BCUT2D eigenvalue weighted by Crippen LogP contribution is 2.11. The number of amides is 1. The van der Waals surface area contributed by atoms with Gasteiger partial charge in [-0.15, -0.1) is 0 Å². The average molecular weight is 225 g/mol. The summed E-state index contributed by atoms with van der Waals surface area (Å²) < 4.78 is 5.00. The molecule has 0 bridgehead atoms. The van der Waals surface area contributed by atoms with Crippen LogP contribution in [0.25, 0.3) is 0 Å². The van der Waals surface area contributed by atoms with Crippen LogP contribution in [0.3, 0.4) is 0 Å². The van der Waals surface area contributed by atoms with Gasteiger partial charge in [-0.2, -0.15) is 0 Å². The summed E-state index contributed by atoms with van der Waals surface area (Å²) in [5.74, 6) is 0.715. The summed E-state index contributed by atoms with van der Waals surface area (Å²) in [6, 6.07) is -0.0651. The predicted molar refractivity (Wildman–Crippen MR) is 60.7 cm³/mol. The van der Waals surface area contributed by atoms with Gasteiger partial charge in [0.05, 0.1) is 5.69 Å². The van der Waals surface area contributed by atoms with Crippen LogP contribution in [0.15, 0.2) is 4.52 Å². The van der Waals surface area contributed by atoms with Crippen LogP contribution in [0.1, 0.15) is 36.8 Å². The van der Waals surface area contributed by atoms with Crippen LogP contribution in [0, 0.1) is 13.8 Å². The number of rotatable bonds is 5. The molecule has 1 rings (SSSR count). The van der Waals surface area contributed by atoms with Crippen LogP contribution in [-0.2, 0) is 11.3 Å². The number of carbonyl (C=O) groups is 1. The minimum atomic E-state index is -0.0651. The van der Waals surface area contributed by atoms with E-state index in [-0.39, 0.29) is 11.9 Å². The van der Waals surface area contributed by atoms with E-state index in [1.807, 2.05) is 20.8 Å². The lowest BCUT2D eigenvalue weighted by Gasteiger charge is -2.08. The van der Waals surface area contributed by atoms with Crippen molar-refractivity contribution in [1.82, 2.24) is 10.5 Å². The van der Waals surface area contributed by atoms with E-state index in [2.05, 4.69) is 10.5 Å². The van der Waals surface area contributed by atoms with Gasteiger partial charge in [0.2, 0.25) is 5.91 Å². The Labute approximate surface area is 95.4 Å². The Balaban J connectivity index is 2.43. The summed E-state index contributed by atoms with van der Waals surface area (Å²) in [6.07, 6.45) is 1.17. The van der Waals surface area contributed by atoms with Crippen molar-refractivity contribution in [2.75, 3.05) is 0 Å². The molecule has 16 heavy (non-hydrogen) atoms. The van der Waals surface area contributed by atoms with Crippen molar-refractivity contribution in [2.45, 2.75) is 46.2 Å². The number of carbonyl (C=O) groups excluding carboxylic acids is 1. The summed E-state index contributed by atoms with van der Waals surface area (Å²) in [7, 11) is 0. The fraction of sp³-hybridized carbons (Fsp3) is 0.636. The van der Waals surface area contributed by atoms with Crippen LogP contribution >= 0.6 is 0 Å². The highest BCUT2D eigenvalue weighted by Gasteiger charge is 2.11. The van der Waals surface area contributed by atoms with Gasteiger partial charge in [0, 0.05) is 24.6 Å². The molecule has 1 heterocycles. The molecule has 1 atom stereocenters. The molecular formula is C11H19N3O2. The highest BCUT2D eigenvalue weighted by molar-refractivity contribution is 5.76. The van der Waals surface area contributed by atoms with Crippen molar-refractivity contribution in [3.8, 4) is 0 Å². The van der Waals surface area contributed by atoms with Gasteiger partial charge < -0.3 is 15.6 Å². The Bertz CT molecular complexity index is 341. The molecule has 1 aromatic heterocycles. The van der Waals surface area contributed by atoms with Gasteiger partial charge in [0.1, 0.15) is 5.76 Å². The Morgan fingerprint density at radius 3 is 2.75 bits per heavy atom. The SMILES string of the molecule is CCC(N)CC(=O)NCc1c(C)noc1C. The molecule has 0 fully saturated rings. The predicted octanol–water partition coefficient (Wildman–Crippen LogP) is 1.04. The Morgan fingerprint density at radius 1 is 1.56 bits per heavy atom. The lowest BCUT2D eigenvalue weighted by atomic mass is 10.1. The Morgan fingerprint density at radius 2 is 2.25 bits per heavy atom. The summed E-state index contributed by atoms with van der Waals surface area (Å²) in [5, 5.41) is 6.63. The second-order valence-electron chi connectivity index (χ2n) is 3.95. The van der Waals surface area contributed by atoms with E-state index in [4.69, 9.17) is 10.3 Å². The second kappa shape index (κ2) is 5.65. The molecule has 1 unspecified atom stereocenters. The van der Waals surface area contributed by atoms with Crippen molar-refractivity contribution in [1.29, 1.82) is 0 Å². The molecule has 0 aliphatic carbocycles. The Hall–Kier alpha value is -1.36. The van der Waals surface area contributed by atoms with Crippen LogP contribution in [0.5, 0.6) is 0 Å². The van der Waals surface area contributed by atoms with Gasteiger partial charge in [-0.05, 0) is 20.3 Å². The zero-order chi connectivity index (χ0) is 12.1. The molecule has 0 saturated heterocycles. The zero-order valence-electron chi connectivity index (χ0n) is 10.0. The quantitative estimate of drug-likeness (QED) is 0.784. The van der Waals surface area contributed by atoms with Gasteiger partial charge in [-0.1, -0.05) is 12.1 Å². The molecular weight excluding hydrogens is 206 g/mol. The molecule has 90 valence electrons. The summed E-state index contributed by atoms with van der Waals surface area (Å²) >= 11 is 0. The van der Waals surface area contributed by atoms with E-state index in [9.17, 15) is 4.79 Å². The Kier molecular flexibility index (Phi) is 4.49. The van der Waals surface area contributed by atoms with E-state index in [1.54, 1.807) is 0 Å². The van der Waals surface area contributed by atoms with Crippen molar-refractivity contribution >= 4 is 5.91 Å². The van der Waals surface area contributed by atoms with Gasteiger partial charge in [0.15, 0.2) is 0 Å². The number of hydrogen-bond acceptors (Lipinski definition) is 4. The van der Waals surface area contributed by atoms with Crippen molar-refractivity contribution < 1.29 is 9.32 Å². The first-order valence-corrected chi connectivity index (χ1v) is 5.48. The molecule has 1 aromatic rings. The lowest BCUT2D eigenvalue weighted by molar-refractivity contribution is -0.121. The van der Waals surface area contributed by atoms with Crippen LogP contribution < -0.4 is 11.1 Å². The lowest BCUT2D eigenvalue weighted by Crippen LogP contribution is -2.31. The van der Waals surface area contributed by atoms with Crippen LogP contribution in [-0.4, -0.2) is 17.1 Å². The molecule has 0 spiro atoms. The van der Waals surface area contributed by atoms with Crippen molar-refractivity contribution in [3.05, 3.63) is 17.0 Å². The van der Waals surface area contributed by atoms with E-state index in [0.29, 0.717) is 13.0 Å². The van der Waals surface area contributed by atoms with Crippen molar-refractivity contribution in [2.24, 2.45) is 5.73 Å². The van der Waals surface area contributed by atoms with E-state index in [0.717, 1.165) is 23.4 Å². The van der Waals surface area contributed by atoms with Crippen LogP contribution in [0.2, 0.25) is 0 Å². The largest absolute Gasteiger partial charge is 0.361 e. The molecule has 5 nitrogen and oxygen atoms in total. The molecule has 5 heteroatoms. The van der Waals surface area contributed by atoms with E-state index < -0.39 is 0 Å². The van der Waals surface area contributed by atoms with Crippen molar-refractivity contribution in [3.63, 3.8) is 0 Å². The van der Waals surface area contributed by atoms with Crippen LogP contribution in [0.4, 0.5) is 0 Å². The first-order chi connectivity index (χ1) is 7.54. The number of nitrogens with zero attached hydrogens (tertiary/aromatic N) is 1. The number of nitrogens with one attached hydrogen (secondary N) is 1. The van der Waals surface area contributed by atoms with E-state index >= 15 is 0 Å². The smallest absolute Gasteiger partial charge is 0.221 e. The third kappa shape index (κ3) is 3.34. The number of aryl methyl sites for hydroxylation is 2. The molecule has 0 aromatic carbocycles. The standard InChI is InChI=1S/C11H19N3O2/c1-4-9(12)5-11(15)13-6-10-7(2)14-16-8(10)3/h9H,4-6,12H2,1-3H3,(H,13,15). The van der Waals surface area contributed by atoms with Gasteiger partial charge >= 0.3 is 0 Å². The third-order valence-corrected chi connectivity index (χ3v) is 2.62. The van der Waals surface area contributed by atoms with E-state index in [1.165, 1.54) is 0 Å². The first-order valence-electron chi connectivity index (χ1n) is 5.48. The third-order valence-electron chi connectivity index (χ3n) is 2.62. The maximum atomic E-state index is 11.5. The zero-order valence-corrected chi connectivity index (χ0v) is 10.0. The molecule has 3 N–H and O–H groups in total. The fourth-order valence-corrected chi connectivity index (χ4v) is 1.40. The molecule has 0 aliphatic rings. The van der Waals surface area contributed by atoms with Gasteiger partial charge in [0.25, 0.3) is 0 Å². The topological polar surface area (TPSA) is 81.2 Å². The summed E-state index contributed by atoms with van der Waals surface area (Å²) in [6.45, 7) is 6.11. The number of nitrogens with two attached hydrogens (primary N) is 1. The normalized spacial score (nSPS) is 12.5. The highest BCUT2D eigenvalue weighted by atomic mass is 16.5. The number of hydrogen-bond donors (Lipinski definition) is 2. The maximum Gasteiger partial charge on any atom is 0.221 e. The number of aromatic nitrogens is 1. The molecule has 0 radical (unpaired) electrons. The van der Waals surface area contributed by atoms with Gasteiger partial charge in [-0.3, -0.25) is 4.79 Å². The average Bonchev–Trinajstić information content (AvgIpc) is 2.56. The first kappa shape index (κ1) is 12.7. The molecule has 0 aliphatic heterocycles. The minimum absolute atomic E-state index is 0.0330. The fourth-order valence-electron chi connectivity index (χ4n) is 1.40. The monoisotopic (exact) mass is 225 g/mol. The maximum absolute atomic E-state index is 11.5. The molecule has 1 amide bonds. The molecule has 0 saturated carbocycles. The summed E-state index contributed by atoms with van der Waals surface area (Å²) in [5.41, 5.74) is 7.45. The second-order valence-corrected chi connectivity index (χ2v) is 3.95. The summed E-state index contributed by atoms with van der Waals surface area (Å²) in [4.78, 5) is 11.5. The minimum Gasteiger partial charge on any atom is -0.361 e.